The Morgan fingerprint density at radius 1 is 1.52 bits per heavy atom. The summed E-state index contributed by atoms with van der Waals surface area (Å²) < 4.78 is 0. The number of hydrogen-bond donors (Lipinski definition) is 2. The molecule has 3 rings (SSSR count). The summed E-state index contributed by atoms with van der Waals surface area (Å²) in [5, 5.41) is 13.4. The van der Waals surface area contributed by atoms with Crippen LogP contribution in [0.25, 0.3) is 6.08 Å². The van der Waals surface area contributed by atoms with E-state index in [9.17, 15) is 19.5 Å². The Morgan fingerprint density at radius 2 is 2.32 bits per heavy atom. The number of pyridine rings is 1. The van der Waals surface area contributed by atoms with Gasteiger partial charge >= 0.3 is 5.97 Å². The number of β-lactam (4-membered cyclic amide) rings is 1. The summed E-state index contributed by atoms with van der Waals surface area (Å²) in [5.41, 5.74) is 1.83. The number of carbonyl (C=O) groups is 3. The third-order valence-electron chi connectivity index (χ3n) is 3.79. The second-order valence-electron chi connectivity index (χ2n) is 5.40. The number of aromatic nitrogens is 1. The Balaban J connectivity index is 1.77. The molecule has 0 aliphatic carbocycles. The zero-order chi connectivity index (χ0) is 18.0. The fourth-order valence-electron chi connectivity index (χ4n) is 2.55. The molecule has 2 amide bonds. The van der Waals surface area contributed by atoms with Crippen molar-refractivity contribution in [2.24, 2.45) is 0 Å². The molecule has 0 radical (unpaired) electrons. The number of nitrogens with one attached hydrogen (secondary N) is 1. The van der Waals surface area contributed by atoms with Gasteiger partial charge in [0.1, 0.15) is 17.1 Å². The maximum absolute atomic E-state index is 12.1. The van der Waals surface area contributed by atoms with Crippen LogP contribution in [0.4, 0.5) is 0 Å². The van der Waals surface area contributed by atoms with E-state index in [-0.39, 0.29) is 11.1 Å². The summed E-state index contributed by atoms with van der Waals surface area (Å²) in [4.78, 5) is 40.4. The van der Waals surface area contributed by atoms with Crippen LogP contribution >= 0.6 is 23.5 Å². The monoisotopic (exact) mass is 377 g/mol. The van der Waals surface area contributed by atoms with Gasteiger partial charge in [-0.3, -0.25) is 19.5 Å². The number of carbonyl (C=O) groups excluding carboxylic acids is 2. The standard InChI is InChI=1S/C16H15N3O4S2/c1-9-2-3-10(6-17-9)4-5-24-11-7-25-15-12(18-8-20)14(21)19(15)13(11)16(22)23/h2-6,8,12,15H,7H2,1H3,(H,18,20)(H,22,23)/b5-4-/t12?,15-/m0/s1. The molecule has 1 aromatic heterocycles. The van der Waals surface area contributed by atoms with Crippen LogP contribution in [0.3, 0.4) is 0 Å². The summed E-state index contributed by atoms with van der Waals surface area (Å²) in [6.45, 7) is 1.90. The third kappa shape index (κ3) is 3.42. The van der Waals surface area contributed by atoms with Gasteiger partial charge in [-0.15, -0.1) is 11.8 Å². The summed E-state index contributed by atoms with van der Waals surface area (Å²) in [5.74, 6) is -1.07. The van der Waals surface area contributed by atoms with E-state index in [1.165, 1.54) is 28.4 Å². The van der Waals surface area contributed by atoms with E-state index in [0.717, 1.165) is 11.3 Å². The highest BCUT2D eigenvalue weighted by atomic mass is 32.2. The van der Waals surface area contributed by atoms with E-state index in [2.05, 4.69) is 10.3 Å². The molecule has 2 aliphatic heterocycles. The van der Waals surface area contributed by atoms with E-state index in [1.807, 2.05) is 25.1 Å². The molecule has 1 fully saturated rings. The molecule has 1 saturated heterocycles. The Bertz CT molecular complexity index is 776. The first-order chi connectivity index (χ1) is 12.0. The Labute approximate surface area is 152 Å². The van der Waals surface area contributed by atoms with Crippen molar-refractivity contribution in [2.75, 3.05) is 5.75 Å². The zero-order valence-electron chi connectivity index (χ0n) is 13.2. The SMILES string of the molecule is Cc1ccc(/C=C\SC2=C(C(=O)O)N3C(=O)C(NC=O)[C@@H]3SC2)cn1. The first kappa shape index (κ1) is 17.6. The molecule has 0 bridgehead atoms. The van der Waals surface area contributed by atoms with Gasteiger partial charge in [0.2, 0.25) is 6.41 Å². The number of carboxylic acids is 1. The Morgan fingerprint density at radius 3 is 2.96 bits per heavy atom. The minimum absolute atomic E-state index is 0.00520. The Kier molecular flexibility index (Phi) is 5.14. The lowest BCUT2D eigenvalue weighted by Gasteiger charge is -2.48. The third-order valence-corrected chi connectivity index (χ3v) is 6.15. The second-order valence-corrected chi connectivity index (χ2v) is 7.51. The van der Waals surface area contributed by atoms with Crippen LogP contribution in [-0.4, -0.2) is 50.4 Å². The number of rotatable bonds is 6. The summed E-state index contributed by atoms with van der Waals surface area (Å²) >= 11 is 2.71. The average molecular weight is 377 g/mol. The van der Waals surface area contributed by atoms with Crippen LogP contribution in [0.2, 0.25) is 0 Å². The van der Waals surface area contributed by atoms with Crippen molar-refractivity contribution in [1.82, 2.24) is 15.2 Å². The van der Waals surface area contributed by atoms with Crippen molar-refractivity contribution in [3.8, 4) is 0 Å². The summed E-state index contributed by atoms with van der Waals surface area (Å²) in [7, 11) is 0. The molecule has 0 saturated carbocycles. The fourth-order valence-corrected chi connectivity index (χ4v) is 4.92. The molecule has 1 aromatic rings. The van der Waals surface area contributed by atoms with Crippen molar-refractivity contribution >= 4 is 47.9 Å². The Hall–Kier alpha value is -2.26. The first-order valence-electron chi connectivity index (χ1n) is 7.39. The van der Waals surface area contributed by atoms with Crippen molar-refractivity contribution in [3.05, 3.63) is 45.6 Å². The molecule has 9 heteroatoms. The molecule has 130 valence electrons. The largest absolute Gasteiger partial charge is 0.477 e. The first-order valence-corrected chi connectivity index (χ1v) is 9.32. The number of carboxylic acid groups (broad SMARTS) is 1. The highest BCUT2D eigenvalue weighted by molar-refractivity contribution is 8.08. The summed E-state index contributed by atoms with van der Waals surface area (Å²) in [6.07, 6.45) is 4.04. The second kappa shape index (κ2) is 7.32. The van der Waals surface area contributed by atoms with E-state index >= 15 is 0 Å². The molecule has 2 aliphatic rings. The number of aliphatic carboxylic acids is 1. The maximum atomic E-state index is 12.1. The number of thioether (sulfide) groups is 2. The normalized spacial score (nSPS) is 22.6. The van der Waals surface area contributed by atoms with Gasteiger partial charge in [-0.2, -0.15) is 0 Å². The van der Waals surface area contributed by atoms with Gasteiger partial charge in [0.05, 0.1) is 0 Å². The average Bonchev–Trinajstić information content (AvgIpc) is 2.60. The van der Waals surface area contributed by atoms with Crippen LogP contribution in [-0.2, 0) is 14.4 Å². The minimum atomic E-state index is -1.14. The molecular weight excluding hydrogens is 362 g/mol. The number of nitrogens with zero attached hydrogens (tertiary/aromatic N) is 2. The van der Waals surface area contributed by atoms with E-state index < -0.39 is 17.9 Å². The van der Waals surface area contributed by atoms with Crippen molar-refractivity contribution in [3.63, 3.8) is 0 Å². The van der Waals surface area contributed by atoms with Crippen molar-refractivity contribution < 1.29 is 19.5 Å². The van der Waals surface area contributed by atoms with E-state index in [0.29, 0.717) is 17.1 Å². The van der Waals surface area contributed by atoms with Crippen LogP contribution in [0, 0.1) is 6.92 Å². The lowest BCUT2D eigenvalue weighted by molar-refractivity contribution is -0.149. The lowest BCUT2D eigenvalue weighted by Crippen LogP contribution is -2.69. The number of fused-ring (bicyclic) bond motifs is 1. The number of aryl methyl sites for hydroxylation is 1. The van der Waals surface area contributed by atoms with Crippen molar-refractivity contribution in [2.45, 2.75) is 18.3 Å². The van der Waals surface area contributed by atoms with Gasteiger partial charge in [0.25, 0.3) is 5.91 Å². The predicted molar refractivity (Wildman–Crippen MR) is 96.3 cm³/mol. The van der Waals surface area contributed by atoms with Crippen molar-refractivity contribution in [1.29, 1.82) is 0 Å². The van der Waals surface area contributed by atoms with Gasteiger partial charge in [-0.1, -0.05) is 17.8 Å². The van der Waals surface area contributed by atoms with Gasteiger partial charge in [-0.05, 0) is 30.0 Å². The van der Waals surface area contributed by atoms with Gasteiger partial charge in [0, 0.05) is 22.5 Å². The van der Waals surface area contributed by atoms with Gasteiger partial charge in [0.15, 0.2) is 0 Å². The quantitative estimate of drug-likeness (QED) is 0.571. The fraction of sp³-hybridized carbons (Fsp3) is 0.250. The zero-order valence-corrected chi connectivity index (χ0v) is 14.8. The number of amides is 2. The smallest absolute Gasteiger partial charge is 0.353 e. The predicted octanol–water partition coefficient (Wildman–Crippen LogP) is 1.42. The molecule has 1 unspecified atom stereocenters. The maximum Gasteiger partial charge on any atom is 0.353 e. The molecule has 0 spiro atoms. The molecular formula is C16H15N3O4S2. The van der Waals surface area contributed by atoms with E-state index in [1.54, 1.807) is 11.6 Å². The highest BCUT2D eigenvalue weighted by Crippen LogP contribution is 2.43. The van der Waals surface area contributed by atoms with Gasteiger partial charge in [-0.25, -0.2) is 4.79 Å². The van der Waals surface area contributed by atoms with Gasteiger partial charge < -0.3 is 10.4 Å². The summed E-state index contributed by atoms with van der Waals surface area (Å²) in [6, 6.07) is 3.16. The topological polar surface area (TPSA) is 99.6 Å². The molecule has 7 nitrogen and oxygen atoms in total. The van der Waals surface area contributed by atoms with E-state index in [4.69, 9.17) is 0 Å². The van der Waals surface area contributed by atoms with Crippen LogP contribution in [0.15, 0.2) is 34.3 Å². The lowest BCUT2D eigenvalue weighted by atomic mass is 10.1. The molecule has 2 N–H and O–H groups in total. The van der Waals surface area contributed by atoms with Crippen LogP contribution in [0.5, 0.6) is 0 Å². The number of hydrogen-bond acceptors (Lipinski definition) is 6. The molecule has 3 heterocycles. The molecule has 2 atom stereocenters. The minimum Gasteiger partial charge on any atom is -0.477 e. The molecule has 25 heavy (non-hydrogen) atoms. The molecule has 0 aromatic carbocycles. The highest BCUT2D eigenvalue weighted by Gasteiger charge is 2.53. The van der Waals surface area contributed by atoms with Crippen LogP contribution < -0.4 is 5.32 Å². The van der Waals surface area contributed by atoms with Crippen LogP contribution in [0.1, 0.15) is 11.3 Å².